The molecule has 1 aromatic carbocycles. The number of hydrogen-bond acceptors (Lipinski definition) is 5. The normalized spacial score (nSPS) is 20.3. The van der Waals surface area contributed by atoms with Gasteiger partial charge in [-0.25, -0.2) is 12.4 Å². The van der Waals surface area contributed by atoms with Crippen LogP contribution in [0.15, 0.2) is 41.4 Å². The molecule has 0 saturated carbocycles. The van der Waals surface area contributed by atoms with Crippen molar-refractivity contribution in [1.29, 1.82) is 0 Å². The maximum absolute atomic E-state index is 12.8. The Labute approximate surface area is 156 Å². The van der Waals surface area contributed by atoms with E-state index in [4.69, 9.17) is 4.74 Å². The largest absolute Gasteiger partial charge is 0.381 e. The minimum Gasteiger partial charge on any atom is -0.381 e. The van der Waals surface area contributed by atoms with Gasteiger partial charge in [-0.2, -0.15) is 0 Å². The average Bonchev–Trinajstić information content (AvgIpc) is 3.32. The summed E-state index contributed by atoms with van der Waals surface area (Å²) in [4.78, 5) is 24.6. The lowest BCUT2D eigenvalue weighted by atomic mass is 10.1. The fourth-order valence-electron chi connectivity index (χ4n) is 3.34. The quantitative estimate of drug-likeness (QED) is 0.823. The van der Waals surface area contributed by atoms with Crippen molar-refractivity contribution in [2.75, 3.05) is 25.1 Å². The van der Waals surface area contributed by atoms with Gasteiger partial charge in [0.05, 0.1) is 5.69 Å². The van der Waals surface area contributed by atoms with Crippen LogP contribution in [-0.4, -0.2) is 44.0 Å². The summed E-state index contributed by atoms with van der Waals surface area (Å²) in [5.74, 6) is -0.398. The molecule has 9 heteroatoms. The predicted octanol–water partition coefficient (Wildman–Crippen LogP) is 1.45. The van der Waals surface area contributed by atoms with E-state index in [9.17, 15) is 18.0 Å². The molecule has 2 aliphatic rings. The number of anilines is 1. The lowest BCUT2D eigenvalue weighted by Gasteiger charge is -2.11. The molecular formula is C18H19N3O5S. The second kappa shape index (κ2) is 6.82. The number of ether oxygens (including phenoxy) is 1. The van der Waals surface area contributed by atoms with Gasteiger partial charge in [-0.1, -0.05) is 0 Å². The molecule has 2 N–H and O–H groups in total. The Hall–Kier alpha value is -2.65. The van der Waals surface area contributed by atoms with E-state index in [-0.39, 0.29) is 22.2 Å². The number of nitrogens with one attached hydrogen (secondary N) is 2. The Balaban J connectivity index is 1.55. The molecule has 3 heterocycles. The third-order valence-electron chi connectivity index (χ3n) is 4.83. The van der Waals surface area contributed by atoms with Gasteiger partial charge >= 0.3 is 0 Å². The maximum atomic E-state index is 12.8. The van der Waals surface area contributed by atoms with Gasteiger partial charge in [0.15, 0.2) is 0 Å². The molecule has 1 fully saturated rings. The lowest BCUT2D eigenvalue weighted by molar-refractivity contribution is 0.0949. The minimum atomic E-state index is -3.91. The van der Waals surface area contributed by atoms with Gasteiger partial charge in [-0.3, -0.25) is 9.59 Å². The van der Waals surface area contributed by atoms with Crippen molar-refractivity contribution in [3.05, 3.63) is 47.8 Å². The number of amides is 2. The third-order valence-corrected chi connectivity index (χ3v) is 6.58. The van der Waals surface area contributed by atoms with Crippen LogP contribution in [0.5, 0.6) is 0 Å². The second-order valence-corrected chi connectivity index (χ2v) is 8.42. The van der Waals surface area contributed by atoms with Crippen LogP contribution in [0.2, 0.25) is 0 Å². The van der Waals surface area contributed by atoms with E-state index in [2.05, 4.69) is 10.6 Å². The molecule has 0 unspecified atom stereocenters. The Bertz CT molecular complexity index is 1010. The molecule has 1 atom stereocenters. The van der Waals surface area contributed by atoms with Crippen LogP contribution in [0.25, 0.3) is 0 Å². The zero-order chi connectivity index (χ0) is 19.0. The lowest BCUT2D eigenvalue weighted by Crippen LogP contribution is -2.26. The molecule has 1 saturated heterocycles. The van der Waals surface area contributed by atoms with Crippen LogP contribution >= 0.6 is 0 Å². The van der Waals surface area contributed by atoms with Crippen molar-refractivity contribution >= 4 is 27.5 Å². The van der Waals surface area contributed by atoms with Crippen LogP contribution in [-0.2, 0) is 14.8 Å². The van der Waals surface area contributed by atoms with Gasteiger partial charge in [0.2, 0.25) is 0 Å². The standard InChI is InChI=1S/C18H19N3O5S/c22-17(19-7-5-12-6-9-26-11-12)13-3-4-16-14(10-13)20-18(23)15-2-1-8-21(15)27(16,24)25/h1-4,8,10,12H,5-7,9,11H2,(H,19,22)(H,20,23)/t12-/m0/s1. The third kappa shape index (κ3) is 3.24. The number of aromatic nitrogens is 1. The van der Waals surface area contributed by atoms with Crippen LogP contribution in [0.4, 0.5) is 5.69 Å². The molecule has 0 radical (unpaired) electrons. The highest BCUT2D eigenvalue weighted by Gasteiger charge is 2.30. The maximum Gasteiger partial charge on any atom is 0.273 e. The van der Waals surface area contributed by atoms with E-state index in [0.717, 1.165) is 30.0 Å². The average molecular weight is 389 g/mol. The summed E-state index contributed by atoms with van der Waals surface area (Å²) >= 11 is 0. The van der Waals surface area contributed by atoms with Crippen molar-refractivity contribution in [2.45, 2.75) is 17.7 Å². The summed E-state index contributed by atoms with van der Waals surface area (Å²) in [5.41, 5.74) is 0.412. The molecule has 1 aromatic heterocycles. The van der Waals surface area contributed by atoms with Crippen molar-refractivity contribution in [1.82, 2.24) is 9.29 Å². The number of nitrogens with zero attached hydrogens (tertiary/aromatic N) is 1. The zero-order valence-corrected chi connectivity index (χ0v) is 15.3. The molecule has 2 aliphatic heterocycles. The van der Waals surface area contributed by atoms with Gasteiger partial charge in [0.1, 0.15) is 10.6 Å². The molecule has 0 spiro atoms. The Morgan fingerprint density at radius 2 is 2.19 bits per heavy atom. The Morgan fingerprint density at radius 1 is 1.33 bits per heavy atom. The van der Waals surface area contributed by atoms with Crippen LogP contribution in [0.3, 0.4) is 0 Å². The van der Waals surface area contributed by atoms with Gasteiger partial charge < -0.3 is 15.4 Å². The van der Waals surface area contributed by atoms with E-state index < -0.39 is 15.9 Å². The summed E-state index contributed by atoms with van der Waals surface area (Å²) < 4.78 is 31.8. The first kappa shape index (κ1) is 17.7. The van der Waals surface area contributed by atoms with Crippen molar-refractivity contribution < 1.29 is 22.7 Å². The first-order valence-electron chi connectivity index (χ1n) is 8.71. The molecule has 27 heavy (non-hydrogen) atoms. The van der Waals surface area contributed by atoms with Crippen molar-refractivity contribution in [3.8, 4) is 0 Å². The van der Waals surface area contributed by atoms with Crippen LogP contribution in [0, 0.1) is 5.92 Å². The number of carbonyl (C=O) groups excluding carboxylic acids is 2. The van der Waals surface area contributed by atoms with E-state index in [1.54, 1.807) is 0 Å². The fraction of sp³-hybridized carbons (Fsp3) is 0.333. The Kier molecular flexibility index (Phi) is 4.48. The van der Waals surface area contributed by atoms with Gasteiger partial charge in [-0.15, -0.1) is 0 Å². The van der Waals surface area contributed by atoms with Crippen molar-refractivity contribution in [3.63, 3.8) is 0 Å². The number of fused-ring (bicyclic) bond motifs is 2. The molecular weight excluding hydrogens is 370 g/mol. The summed E-state index contributed by atoms with van der Waals surface area (Å²) in [6, 6.07) is 7.11. The molecule has 4 rings (SSSR count). The smallest absolute Gasteiger partial charge is 0.273 e. The Morgan fingerprint density at radius 3 is 2.96 bits per heavy atom. The molecule has 2 amide bonds. The number of hydrogen-bond donors (Lipinski definition) is 2. The highest BCUT2D eigenvalue weighted by Crippen LogP contribution is 2.29. The van der Waals surface area contributed by atoms with E-state index >= 15 is 0 Å². The highest BCUT2D eigenvalue weighted by molar-refractivity contribution is 7.90. The highest BCUT2D eigenvalue weighted by atomic mass is 32.2. The van der Waals surface area contributed by atoms with Crippen LogP contribution < -0.4 is 10.6 Å². The van der Waals surface area contributed by atoms with Gasteiger partial charge in [-0.05, 0) is 49.1 Å². The van der Waals surface area contributed by atoms with Gasteiger partial charge in [0.25, 0.3) is 21.8 Å². The zero-order valence-electron chi connectivity index (χ0n) is 14.5. The second-order valence-electron chi connectivity index (χ2n) is 6.63. The molecule has 8 nitrogen and oxygen atoms in total. The van der Waals surface area contributed by atoms with Gasteiger partial charge in [0, 0.05) is 31.5 Å². The molecule has 0 bridgehead atoms. The summed E-state index contributed by atoms with van der Waals surface area (Å²) in [5, 5.41) is 5.41. The van der Waals surface area contributed by atoms with E-state index in [1.165, 1.54) is 36.5 Å². The first-order chi connectivity index (χ1) is 13.0. The number of rotatable bonds is 4. The topological polar surface area (TPSA) is 106 Å². The number of benzene rings is 1. The van der Waals surface area contributed by atoms with E-state index in [1.807, 2.05) is 0 Å². The van der Waals surface area contributed by atoms with Crippen molar-refractivity contribution in [2.24, 2.45) is 5.92 Å². The SMILES string of the molecule is O=C(NCC[C@H]1CCOC1)c1ccc2c(c1)NC(=O)c1cccn1S2(=O)=O. The summed E-state index contributed by atoms with van der Waals surface area (Å²) in [6.45, 7) is 2.00. The monoisotopic (exact) mass is 389 g/mol. The fourth-order valence-corrected chi connectivity index (χ4v) is 4.81. The molecule has 2 aromatic rings. The summed E-state index contributed by atoms with van der Waals surface area (Å²) in [7, 11) is -3.91. The summed E-state index contributed by atoms with van der Waals surface area (Å²) in [6.07, 6.45) is 3.16. The first-order valence-corrected chi connectivity index (χ1v) is 10.1. The predicted molar refractivity (Wildman–Crippen MR) is 97.3 cm³/mol. The van der Waals surface area contributed by atoms with Crippen LogP contribution in [0.1, 0.15) is 33.7 Å². The van der Waals surface area contributed by atoms with E-state index in [0.29, 0.717) is 18.0 Å². The molecule has 0 aliphatic carbocycles. The minimum absolute atomic E-state index is 0.0241. The molecule has 142 valence electrons. The number of carbonyl (C=O) groups is 2.